The van der Waals surface area contributed by atoms with Gasteiger partial charge in [0.05, 0.1) is 0 Å². The van der Waals surface area contributed by atoms with E-state index in [2.05, 4.69) is 18.9 Å². The van der Waals surface area contributed by atoms with Crippen LogP contribution in [0, 0.1) is 35.5 Å². The van der Waals surface area contributed by atoms with E-state index < -0.39 is 0 Å². The van der Waals surface area contributed by atoms with E-state index in [-0.39, 0.29) is 17.1 Å². The van der Waals surface area contributed by atoms with E-state index in [1.807, 2.05) is 6.92 Å². The van der Waals surface area contributed by atoms with Crippen molar-refractivity contribution in [3.05, 3.63) is 12.2 Å². The van der Waals surface area contributed by atoms with Crippen LogP contribution < -0.4 is 0 Å². The van der Waals surface area contributed by atoms with E-state index in [0.29, 0.717) is 11.8 Å². The molecule has 0 aliphatic heterocycles. The molecule has 0 spiro atoms. The van der Waals surface area contributed by atoms with Crippen molar-refractivity contribution < 1.29 is 4.79 Å². The van der Waals surface area contributed by atoms with Gasteiger partial charge in [0.25, 0.3) is 0 Å². The number of allylic oxidation sites excluding steroid dienone is 2. The third kappa shape index (κ3) is 1.63. The van der Waals surface area contributed by atoms with Gasteiger partial charge in [0.15, 0.2) is 5.78 Å². The molecule has 15 heavy (non-hydrogen) atoms. The third-order valence-electron chi connectivity index (χ3n) is 4.33. The van der Waals surface area contributed by atoms with E-state index >= 15 is 0 Å². The number of rotatable bonds is 0. The van der Waals surface area contributed by atoms with Crippen LogP contribution in [0.4, 0.5) is 0 Å². The van der Waals surface area contributed by atoms with Gasteiger partial charge in [-0.05, 0) is 36.7 Å². The highest BCUT2D eigenvalue weighted by molar-refractivity contribution is 5.92. The maximum absolute atomic E-state index is 11.6. The summed E-state index contributed by atoms with van der Waals surface area (Å²) >= 11 is 0. The zero-order valence-corrected chi connectivity index (χ0v) is 9.49. The second-order valence-electron chi connectivity index (χ2n) is 5.27. The predicted octanol–water partition coefficient (Wildman–Crippen LogP) is 2.82. The van der Waals surface area contributed by atoms with Gasteiger partial charge in [0.2, 0.25) is 0 Å². The molecule has 0 amide bonds. The average molecular weight is 202 g/mol. The van der Waals surface area contributed by atoms with Gasteiger partial charge in [-0.3, -0.25) is 4.79 Å². The highest BCUT2D eigenvalue weighted by Crippen LogP contribution is 2.49. The molecule has 0 aromatic rings. The van der Waals surface area contributed by atoms with Crippen molar-refractivity contribution in [2.75, 3.05) is 0 Å². The van der Waals surface area contributed by atoms with E-state index in [0.717, 1.165) is 19.3 Å². The Labute approximate surface area is 91.9 Å². The molecule has 0 radical (unpaired) electrons. The lowest BCUT2D eigenvalue weighted by Crippen LogP contribution is -2.41. The Kier molecular flexibility index (Phi) is 2.46. The van der Waals surface area contributed by atoms with Crippen LogP contribution in [0.2, 0.25) is 0 Å². The Morgan fingerprint density at radius 1 is 1.60 bits per heavy atom. The first kappa shape index (κ1) is 10.5. The van der Waals surface area contributed by atoms with Crippen molar-refractivity contribution in [2.24, 2.45) is 23.2 Å². The van der Waals surface area contributed by atoms with Crippen LogP contribution in [0.25, 0.3) is 0 Å². The van der Waals surface area contributed by atoms with Crippen LogP contribution in [0.3, 0.4) is 0 Å². The molecule has 1 nitrogen and oxygen atoms in total. The van der Waals surface area contributed by atoms with E-state index in [1.165, 1.54) is 0 Å². The zero-order chi connectivity index (χ0) is 11.1. The first-order valence-electron chi connectivity index (χ1n) is 5.76. The second-order valence-corrected chi connectivity index (χ2v) is 5.27. The highest BCUT2D eigenvalue weighted by Gasteiger charge is 2.44. The van der Waals surface area contributed by atoms with Gasteiger partial charge in [-0.2, -0.15) is 0 Å². The summed E-state index contributed by atoms with van der Waals surface area (Å²) in [6.07, 6.45) is 12.6. The summed E-state index contributed by atoms with van der Waals surface area (Å²) in [5.41, 5.74) is 0.209. The lowest BCUT2D eigenvalue weighted by molar-refractivity contribution is -0.122. The summed E-state index contributed by atoms with van der Waals surface area (Å²) in [4.78, 5) is 11.6. The smallest absolute Gasteiger partial charge is 0.158 e. The quantitative estimate of drug-likeness (QED) is 0.552. The Morgan fingerprint density at radius 3 is 3.00 bits per heavy atom. The molecule has 1 heteroatoms. The molecule has 0 saturated heterocycles. The van der Waals surface area contributed by atoms with Crippen molar-refractivity contribution in [3.8, 4) is 12.3 Å². The number of hydrogen-bond donors (Lipinski definition) is 0. The molecule has 0 unspecified atom stereocenters. The highest BCUT2D eigenvalue weighted by atomic mass is 16.1. The molecule has 0 heterocycles. The fourth-order valence-electron chi connectivity index (χ4n) is 3.12. The van der Waals surface area contributed by atoms with E-state index in [1.54, 1.807) is 6.08 Å². The molecule has 2 rings (SSSR count). The summed E-state index contributed by atoms with van der Waals surface area (Å²) in [7, 11) is 0. The van der Waals surface area contributed by atoms with E-state index in [4.69, 9.17) is 6.42 Å². The summed E-state index contributed by atoms with van der Waals surface area (Å²) in [6.45, 7) is 4.32. The van der Waals surface area contributed by atoms with Crippen LogP contribution >= 0.6 is 0 Å². The van der Waals surface area contributed by atoms with Crippen molar-refractivity contribution >= 4 is 5.78 Å². The first-order valence-corrected chi connectivity index (χ1v) is 5.76. The van der Waals surface area contributed by atoms with Crippen molar-refractivity contribution in [2.45, 2.75) is 33.1 Å². The predicted molar refractivity (Wildman–Crippen MR) is 61.1 cm³/mol. The molecule has 0 aromatic heterocycles. The first-order chi connectivity index (χ1) is 7.07. The van der Waals surface area contributed by atoms with E-state index in [9.17, 15) is 4.79 Å². The minimum atomic E-state index is 0.149. The number of fused-ring (bicyclic) bond motifs is 1. The maximum atomic E-state index is 11.6. The number of ketones is 1. The average Bonchev–Trinajstić information content (AvgIpc) is 2.24. The fraction of sp³-hybridized carbons (Fsp3) is 0.643. The van der Waals surface area contributed by atoms with Crippen molar-refractivity contribution in [1.82, 2.24) is 0 Å². The van der Waals surface area contributed by atoms with Gasteiger partial charge in [0, 0.05) is 11.8 Å². The number of hydrogen-bond acceptors (Lipinski definition) is 1. The normalized spacial score (nSPS) is 44.6. The Hall–Kier alpha value is -1.03. The van der Waals surface area contributed by atoms with Gasteiger partial charge in [-0.1, -0.05) is 19.9 Å². The topological polar surface area (TPSA) is 17.1 Å². The molecule has 2 aliphatic rings. The lowest BCUT2D eigenvalue weighted by Gasteiger charge is -2.46. The third-order valence-corrected chi connectivity index (χ3v) is 4.33. The molecule has 80 valence electrons. The molecule has 0 N–H and O–H groups in total. The zero-order valence-electron chi connectivity index (χ0n) is 9.49. The molecular formula is C14H18O. The fourth-order valence-corrected chi connectivity index (χ4v) is 3.12. The summed E-state index contributed by atoms with van der Waals surface area (Å²) in [6, 6.07) is 0. The largest absolute Gasteiger partial charge is 0.295 e. The van der Waals surface area contributed by atoms with Crippen molar-refractivity contribution in [1.29, 1.82) is 0 Å². The SMILES string of the molecule is C#C[C@@H]1CC[C@]2(C)C=CC(=O)[C@H](C)[C@H]2C1. The van der Waals surface area contributed by atoms with Crippen LogP contribution in [-0.2, 0) is 4.79 Å². The standard InChI is InChI=1S/C14H18O/c1-4-11-5-7-14(3)8-6-13(15)10(2)12(14)9-11/h1,6,8,10-12H,5,7,9H2,2-3H3/t10-,11-,12-,14-/m1/s1. The second kappa shape index (κ2) is 3.52. The van der Waals surface area contributed by atoms with Gasteiger partial charge in [0.1, 0.15) is 0 Å². The Balaban J connectivity index is 2.28. The van der Waals surface area contributed by atoms with Crippen LogP contribution in [0.1, 0.15) is 33.1 Å². The van der Waals surface area contributed by atoms with Gasteiger partial charge < -0.3 is 0 Å². The minimum absolute atomic E-state index is 0.149. The number of carbonyl (C=O) groups excluding carboxylic acids is 1. The van der Waals surface area contributed by atoms with Gasteiger partial charge >= 0.3 is 0 Å². The summed E-state index contributed by atoms with van der Waals surface area (Å²) in [5, 5.41) is 0. The molecule has 2 aliphatic carbocycles. The summed E-state index contributed by atoms with van der Waals surface area (Å²) in [5.74, 6) is 4.11. The van der Waals surface area contributed by atoms with Gasteiger partial charge in [-0.25, -0.2) is 0 Å². The molecule has 1 saturated carbocycles. The molecular weight excluding hydrogens is 184 g/mol. The lowest BCUT2D eigenvalue weighted by atomic mass is 9.57. The Bertz CT molecular complexity index is 347. The Morgan fingerprint density at radius 2 is 2.33 bits per heavy atom. The maximum Gasteiger partial charge on any atom is 0.158 e. The van der Waals surface area contributed by atoms with Gasteiger partial charge in [-0.15, -0.1) is 12.3 Å². The molecule has 0 aromatic carbocycles. The van der Waals surface area contributed by atoms with Crippen molar-refractivity contribution in [3.63, 3.8) is 0 Å². The number of terminal acetylenes is 1. The molecule has 0 bridgehead atoms. The number of carbonyl (C=O) groups is 1. The summed E-state index contributed by atoms with van der Waals surface area (Å²) < 4.78 is 0. The van der Waals surface area contributed by atoms with Crippen LogP contribution in [0.5, 0.6) is 0 Å². The molecule has 1 fully saturated rings. The molecule has 4 atom stereocenters. The minimum Gasteiger partial charge on any atom is -0.295 e. The van der Waals surface area contributed by atoms with Crippen LogP contribution in [0.15, 0.2) is 12.2 Å². The monoisotopic (exact) mass is 202 g/mol. The van der Waals surface area contributed by atoms with Crippen LogP contribution in [-0.4, -0.2) is 5.78 Å².